The van der Waals surface area contributed by atoms with Crippen molar-refractivity contribution >= 4 is 11.6 Å². The van der Waals surface area contributed by atoms with Crippen LogP contribution in [-0.4, -0.2) is 63.8 Å². The van der Waals surface area contributed by atoms with Gasteiger partial charge in [-0.05, 0) is 36.4 Å². The van der Waals surface area contributed by atoms with Crippen molar-refractivity contribution in [3.8, 4) is 11.5 Å². The van der Waals surface area contributed by atoms with Gasteiger partial charge in [-0.1, -0.05) is 6.07 Å². The van der Waals surface area contributed by atoms with E-state index < -0.39 is 12.5 Å². The molecule has 1 N–H and O–H groups in total. The van der Waals surface area contributed by atoms with Crippen LogP contribution < -0.4 is 19.7 Å². The van der Waals surface area contributed by atoms with Gasteiger partial charge in [0, 0.05) is 45.0 Å². The molecular formula is C21H24F3N3O3. The maximum Gasteiger partial charge on any atom is 0.387 e. The summed E-state index contributed by atoms with van der Waals surface area (Å²) in [7, 11) is 1.32. The van der Waals surface area contributed by atoms with Gasteiger partial charge in [0.2, 0.25) is 0 Å². The number of halogens is 3. The Morgan fingerprint density at radius 1 is 1.10 bits per heavy atom. The molecule has 0 saturated carbocycles. The van der Waals surface area contributed by atoms with Gasteiger partial charge < -0.3 is 19.7 Å². The summed E-state index contributed by atoms with van der Waals surface area (Å²) in [6.45, 7) is 1.10. The van der Waals surface area contributed by atoms with E-state index in [0.717, 1.165) is 31.9 Å². The number of hydrogen-bond donors (Lipinski definition) is 1. The number of alkyl halides is 2. The molecule has 2 aromatic rings. The van der Waals surface area contributed by atoms with E-state index in [1.807, 2.05) is 0 Å². The quantitative estimate of drug-likeness (QED) is 0.708. The van der Waals surface area contributed by atoms with Crippen LogP contribution in [0, 0.1) is 5.82 Å². The molecule has 2 aromatic carbocycles. The molecule has 0 radical (unpaired) electrons. The molecular weight excluding hydrogens is 399 g/mol. The number of rotatable bonds is 8. The lowest BCUT2D eigenvalue weighted by Crippen LogP contribution is -2.48. The summed E-state index contributed by atoms with van der Waals surface area (Å²) in [6.07, 6.45) is 0. The van der Waals surface area contributed by atoms with Gasteiger partial charge in [-0.25, -0.2) is 4.39 Å². The van der Waals surface area contributed by atoms with Gasteiger partial charge in [0.15, 0.2) is 11.5 Å². The van der Waals surface area contributed by atoms with E-state index >= 15 is 0 Å². The van der Waals surface area contributed by atoms with Crippen LogP contribution in [0.1, 0.15) is 10.4 Å². The molecule has 30 heavy (non-hydrogen) atoms. The second-order valence-corrected chi connectivity index (χ2v) is 6.78. The van der Waals surface area contributed by atoms with Crippen molar-refractivity contribution < 1.29 is 27.4 Å². The van der Waals surface area contributed by atoms with Gasteiger partial charge in [-0.3, -0.25) is 9.69 Å². The molecule has 0 bridgehead atoms. The second kappa shape index (κ2) is 10.2. The molecule has 6 nitrogen and oxygen atoms in total. The highest BCUT2D eigenvalue weighted by Crippen LogP contribution is 2.32. The van der Waals surface area contributed by atoms with E-state index in [9.17, 15) is 18.0 Å². The first-order chi connectivity index (χ1) is 14.5. The minimum absolute atomic E-state index is 0.00391. The maximum absolute atomic E-state index is 13.1. The number of carbonyl (C=O) groups is 1. The van der Waals surface area contributed by atoms with E-state index in [4.69, 9.17) is 4.74 Å². The zero-order valence-electron chi connectivity index (χ0n) is 16.6. The number of nitrogens with one attached hydrogen (secondary N) is 1. The van der Waals surface area contributed by atoms with Crippen molar-refractivity contribution in [2.75, 3.05) is 51.3 Å². The van der Waals surface area contributed by atoms with Gasteiger partial charge in [-0.2, -0.15) is 8.78 Å². The number of para-hydroxylation sites is 1. The number of amides is 1. The highest BCUT2D eigenvalue weighted by atomic mass is 19.3. The number of methoxy groups -OCH3 is 1. The van der Waals surface area contributed by atoms with Crippen LogP contribution in [-0.2, 0) is 0 Å². The number of hydrogen-bond acceptors (Lipinski definition) is 5. The second-order valence-electron chi connectivity index (χ2n) is 6.78. The average molecular weight is 423 g/mol. The Morgan fingerprint density at radius 2 is 1.80 bits per heavy atom. The number of piperazine rings is 1. The Hall–Kier alpha value is -2.94. The van der Waals surface area contributed by atoms with Gasteiger partial charge in [0.05, 0.1) is 12.7 Å². The summed E-state index contributed by atoms with van der Waals surface area (Å²) in [6, 6.07) is 10.8. The summed E-state index contributed by atoms with van der Waals surface area (Å²) in [5.41, 5.74) is 0.977. The van der Waals surface area contributed by atoms with Crippen LogP contribution >= 0.6 is 0 Å². The molecule has 0 aromatic heterocycles. The van der Waals surface area contributed by atoms with E-state index in [1.165, 1.54) is 31.4 Å². The van der Waals surface area contributed by atoms with Crippen LogP contribution in [0.25, 0.3) is 0 Å². The fourth-order valence-corrected chi connectivity index (χ4v) is 3.37. The first-order valence-corrected chi connectivity index (χ1v) is 9.61. The number of ether oxygens (including phenoxy) is 2. The van der Waals surface area contributed by atoms with Crippen LogP contribution in [0.5, 0.6) is 11.5 Å². The highest BCUT2D eigenvalue weighted by Gasteiger charge is 2.21. The number of nitrogens with zero attached hydrogens (tertiary/aromatic N) is 2. The van der Waals surface area contributed by atoms with Crippen molar-refractivity contribution in [1.29, 1.82) is 0 Å². The van der Waals surface area contributed by atoms with Gasteiger partial charge in [0.1, 0.15) is 5.82 Å². The van der Waals surface area contributed by atoms with E-state index in [-0.39, 0.29) is 22.9 Å². The predicted molar refractivity (Wildman–Crippen MR) is 107 cm³/mol. The molecule has 1 fully saturated rings. The van der Waals surface area contributed by atoms with Crippen molar-refractivity contribution in [2.24, 2.45) is 0 Å². The summed E-state index contributed by atoms with van der Waals surface area (Å²) >= 11 is 0. The summed E-state index contributed by atoms with van der Waals surface area (Å²) in [4.78, 5) is 16.8. The Morgan fingerprint density at radius 3 is 2.43 bits per heavy atom. The lowest BCUT2D eigenvalue weighted by molar-refractivity contribution is -0.0515. The SMILES string of the molecule is COc1cccc(C(=O)NCCN2CCN(c3ccc(F)cc3)CC2)c1OC(F)F. The van der Waals surface area contributed by atoms with Gasteiger partial charge >= 0.3 is 6.61 Å². The molecule has 3 rings (SSSR count). The monoisotopic (exact) mass is 423 g/mol. The Kier molecular flexibility index (Phi) is 7.40. The molecule has 1 heterocycles. The van der Waals surface area contributed by atoms with Gasteiger partial charge in [0.25, 0.3) is 5.91 Å². The largest absolute Gasteiger partial charge is 0.493 e. The standard InChI is InChI=1S/C21H24F3N3O3/c1-29-18-4-2-3-17(19(18)30-21(23)24)20(28)25-9-10-26-11-13-27(14-12-26)16-7-5-15(22)6-8-16/h2-8,21H,9-14H2,1H3,(H,25,28). The first kappa shape index (κ1) is 21.8. The summed E-state index contributed by atoms with van der Waals surface area (Å²) < 4.78 is 48.0. The maximum atomic E-state index is 13.1. The van der Waals surface area contributed by atoms with Gasteiger partial charge in [-0.15, -0.1) is 0 Å². The van der Waals surface area contributed by atoms with Crippen LogP contribution in [0.4, 0.5) is 18.9 Å². The third-order valence-electron chi connectivity index (χ3n) is 4.93. The Labute approximate surface area is 173 Å². The minimum atomic E-state index is -3.06. The highest BCUT2D eigenvalue weighted by molar-refractivity contribution is 5.97. The molecule has 0 unspecified atom stereocenters. The first-order valence-electron chi connectivity index (χ1n) is 9.61. The molecule has 1 amide bonds. The number of benzene rings is 2. The molecule has 1 aliphatic heterocycles. The summed E-state index contributed by atoms with van der Waals surface area (Å²) in [5.74, 6) is -0.971. The third-order valence-corrected chi connectivity index (χ3v) is 4.93. The lowest BCUT2D eigenvalue weighted by Gasteiger charge is -2.36. The van der Waals surface area contributed by atoms with E-state index in [2.05, 4.69) is 19.9 Å². The molecule has 162 valence electrons. The third kappa shape index (κ3) is 5.56. The van der Waals surface area contributed by atoms with Crippen molar-refractivity contribution in [3.05, 3.63) is 53.8 Å². The Bertz CT molecular complexity index is 841. The number of anilines is 1. The summed E-state index contributed by atoms with van der Waals surface area (Å²) in [5, 5.41) is 2.74. The molecule has 1 saturated heterocycles. The Balaban J connectivity index is 1.49. The van der Waals surface area contributed by atoms with Crippen molar-refractivity contribution in [2.45, 2.75) is 6.61 Å². The smallest absolute Gasteiger partial charge is 0.387 e. The van der Waals surface area contributed by atoms with E-state index in [0.29, 0.717) is 13.1 Å². The molecule has 0 spiro atoms. The lowest BCUT2D eigenvalue weighted by atomic mass is 10.1. The number of carbonyl (C=O) groups excluding carboxylic acids is 1. The van der Waals surface area contributed by atoms with Crippen LogP contribution in [0.2, 0.25) is 0 Å². The fourth-order valence-electron chi connectivity index (χ4n) is 3.37. The molecule has 0 atom stereocenters. The topological polar surface area (TPSA) is 54.0 Å². The normalized spacial score (nSPS) is 14.6. The zero-order valence-corrected chi connectivity index (χ0v) is 16.6. The van der Waals surface area contributed by atoms with Crippen LogP contribution in [0.3, 0.4) is 0 Å². The minimum Gasteiger partial charge on any atom is -0.493 e. The molecule has 9 heteroatoms. The molecule has 1 aliphatic rings. The molecule has 0 aliphatic carbocycles. The van der Waals surface area contributed by atoms with E-state index in [1.54, 1.807) is 18.2 Å². The average Bonchev–Trinajstić information content (AvgIpc) is 2.74. The van der Waals surface area contributed by atoms with Crippen molar-refractivity contribution in [3.63, 3.8) is 0 Å². The zero-order chi connectivity index (χ0) is 21.5. The predicted octanol–water partition coefficient (Wildman–Crippen LogP) is 2.99. The van der Waals surface area contributed by atoms with Crippen molar-refractivity contribution in [1.82, 2.24) is 10.2 Å². The fraction of sp³-hybridized carbons (Fsp3) is 0.381. The van der Waals surface area contributed by atoms with Crippen LogP contribution in [0.15, 0.2) is 42.5 Å².